The Balaban J connectivity index is 3.35. The first-order valence-corrected chi connectivity index (χ1v) is 6.97. The van der Waals surface area contributed by atoms with E-state index in [4.69, 9.17) is 0 Å². The van der Waals surface area contributed by atoms with Gasteiger partial charge in [0.05, 0.1) is 19.3 Å². The zero-order chi connectivity index (χ0) is 20.1. The van der Waals surface area contributed by atoms with Crippen molar-refractivity contribution in [2.75, 3.05) is 20.3 Å². The molecule has 0 amide bonds. The van der Waals surface area contributed by atoms with Gasteiger partial charge in [0.2, 0.25) is 11.6 Å². The number of ether oxygens (including phenoxy) is 2. The lowest BCUT2D eigenvalue weighted by Gasteiger charge is -2.12. The van der Waals surface area contributed by atoms with Crippen LogP contribution in [0.15, 0.2) is 17.8 Å². The Morgan fingerprint density at radius 1 is 1.19 bits per heavy atom. The van der Waals surface area contributed by atoms with Crippen LogP contribution in [0.1, 0.15) is 17.3 Å². The van der Waals surface area contributed by atoms with Crippen LogP contribution in [0, 0.1) is 17.5 Å². The van der Waals surface area contributed by atoms with Crippen molar-refractivity contribution in [1.29, 1.82) is 0 Å². The molecule has 0 heterocycles. The number of methoxy groups -OCH3 is 1. The molecule has 144 valence electrons. The number of alkyl halides is 3. The van der Waals surface area contributed by atoms with Crippen LogP contribution in [0.3, 0.4) is 0 Å². The molecule has 0 aromatic heterocycles. The fourth-order valence-corrected chi connectivity index (χ4v) is 1.76. The summed E-state index contributed by atoms with van der Waals surface area (Å²) in [6.07, 6.45) is -4.31. The van der Waals surface area contributed by atoms with Gasteiger partial charge in [-0.15, -0.1) is 0 Å². The Bertz CT molecular complexity index is 730. The summed E-state index contributed by atoms with van der Waals surface area (Å²) in [4.78, 5) is 24.1. The van der Waals surface area contributed by atoms with Gasteiger partial charge in [0.1, 0.15) is 12.1 Å². The molecule has 0 spiro atoms. The van der Waals surface area contributed by atoms with E-state index < -0.39 is 58.8 Å². The SMILES string of the molecule is CCOC(=O)C(=CNCC(F)(F)F)C(=O)c1cc(F)c(F)c(OC)c1F. The molecule has 1 aromatic carbocycles. The summed E-state index contributed by atoms with van der Waals surface area (Å²) < 4.78 is 86.5. The number of esters is 1. The summed E-state index contributed by atoms with van der Waals surface area (Å²) in [5.41, 5.74) is -2.16. The van der Waals surface area contributed by atoms with Crippen molar-refractivity contribution >= 4 is 11.8 Å². The van der Waals surface area contributed by atoms with E-state index in [9.17, 15) is 35.9 Å². The number of halogens is 6. The molecule has 1 N–H and O–H groups in total. The van der Waals surface area contributed by atoms with Gasteiger partial charge < -0.3 is 14.8 Å². The molecule has 11 heteroatoms. The minimum Gasteiger partial charge on any atom is -0.491 e. The van der Waals surface area contributed by atoms with Crippen molar-refractivity contribution in [3.63, 3.8) is 0 Å². The van der Waals surface area contributed by atoms with E-state index in [2.05, 4.69) is 9.47 Å². The lowest BCUT2D eigenvalue weighted by Crippen LogP contribution is -2.27. The summed E-state index contributed by atoms with van der Waals surface area (Å²) in [5, 5.41) is 1.66. The van der Waals surface area contributed by atoms with E-state index in [0.717, 1.165) is 7.11 Å². The molecular weight excluding hydrogens is 372 g/mol. The minimum atomic E-state index is -4.67. The van der Waals surface area contributed by atoms with Crippen LogP contribution in [0.5, 0.6) is 5.75 Å². The van der Waals surface area contributed by atoms with Crippen molar-refractivity contribution in [3.05, 3.63) is 40.9 Å². The zero-order valence-electron chi connectivity index (χ0n) is 13.5. The van der Waals surface area contributed by atoms with Gasteiger partial charge in [-0.1, -0.05) is 0 Å². The number of hydrogen-bond donors (Lipinski definition) is 1. The van der Waals surface area contributed by atoms with Gasteiger partial charge in [-0.2, -0.15) is 17.6 Å². The number of benzene rings is 1. The lowest BCUT2D eigenvalue weighted by atomic mass is 10.0. The topological polar surface area (TPSA) is 64.6 Å². The predicted octanol–water partition coefficient (Wildman–Crippen LogP) is 2.89. The second kappa shape index (κ2) is 8.59. The summed E-state index contributed by atoms with van der Waals surface area (Å²) >= 11 is 0. The molecule has 0 saturated heterocycles. The number of nitrogens with one attached hydrogen (secondary N) is 1. The number of carbonyl (C=O) groups excluding carboxylic acids is 2. The maximum atomic E-state index is 14.2. The van der Waals surface area contributed by atoms with Crippen molar-refractivity contribution in [2.45, 2.75) is 13.1 Å². The van der Waals surface area contributed by atoms with Gasteiger partial charge in [0.15, 0.2) is 17.4 Å². The molecule has 0 aliphatic carbocycles. The second-order valence-corrected chi connectivity index (χ2v) is 4.67. The summed E-state index contributed by atoms with van der Waals surface area (Å²) in [5.74, 6) is -9.11. The molecule has 26 heavy (non-hydrogen) atoms. The van der Waals surface area contributed by atoms with Crippen molar-refractivity contribution in [3.8, 4) is 5.75 Å². The molecule has 0 radical (unpaired) electrons. The Morgan fingerprint density at radius 3 is 2.31 bits per heavy atom. The van der Waals surface area contributed by atoms with Crippen LogP contribution in [0.2, 0.25) is 0 Å². The molecule has 0 aliphatic heterocycles. The molecule has 1 aromatic rings. The predicted molar refractivity (Wildman–Crippen MR) is 76.0 cm³/mol. The highest BCUT2D eigenvalue weighted by molar-refractivity contribution is 6.24. The molecule has 1 rings (SSSR count). The van der Waals surface area contributed by atoms with E-state index >= 15 is 0 Å². The number of rotatable bonds is 7. The first kappa shape index (κ1) is 21.3. The maximum Gasteiger partial charge on any atom is 0.405 e. The molecule has 0 saturated carbocycles. The third kappa shape index (κ3) is 5.14. The normalized spacial score (nSPS) is 11.9. The molecule has 5 nitrogen and oxygen atoms in total. The van der Waals surface area contributed by atoms with Crippen molar-refractivity contribution in [1.82, 2.24) is 5.32 Å². The Labute approximate surface area is 143 Å². The summed E-state index contributed by atoms with van der Waals surface area (Å²) in [6, 6.07) is 0.159. The average molecular weight is 385 g/mol. The number of carbonyl (C=O) groups is 2. The monoisotopic (exact) mass is 385 g/mol. The largest absolute Gasteiger partial charge is 0.491 e. The van der Waals surface area contributed by atoms with Gasteiger partial charge in [0.25, 0.3) is 0 Å². The standard InChI is InChI=1S/C15H13F6NO4/c1-3-26-14(24)8(5-22-6-15(19,20)21)12(23)7-4-9(16)11(18)13(25-2)10(7)17/h4-5,22H,3,6H2,1-2H3. The average Bonchev–Trinajstić information content (AvgIpc) is 2.54. The molecular formula is C15H13F6NO4. The van der Waals surface area contributed by atoms with Crippen LogP contribution in [-0.4, -0.2) is 38.2 Å². The molecule has 0 fully saturated rings. The van der Waals surface area contributed by atoms with E-state index in [1.807, 2.05) is 0 Å². The third-order valence-corrected chi connectivity index (χ3v) is 2.85. The Kier molecular flexibility index (Phi) is 7.04. The quantitative estimate of drug-likeness (QED) is 0.149. The first-order chi connectivity index (χ1) is 12.0. The Morgan fingerprint density at radius 2 is 1.81 bits per heavy atom. The van der Waals surface area contributed by atoms with Gasteiger partial charge in [0, 0.05) is 6.20 Å². The zero-order valence-corrected chi connectivity index (χ0v) is 13.5. The molecule has 0 unspecified atom stereocenters. The van der Waals surface area contributed by atoms with E-state index in [1.54, 1.807) is 5.32 Å². The number of hydrogen-bond acceptors (Lipinski definition) is 5. The van der Waals surface area contributed by atoms with E-state index in [1.165, 1.54) is 6.92 Å². The summed E-state index contributed by atoms with van der Waals surface area (Å²) in [6.45, 7) is -0.497. The van der Waals surface area contributed by atoms with Gasteiger partial charge in [-0.25, -0.2) is 13.6 Å². The van der Waals surface area contributed by atoms with Crippen LogP contribution in [0.25, 0.3) is 0 Å². The van der Waals surface area contributed by atoms with Gasteiger partial charge >= 0.3 is 12.1 Å². The highest BCUT2D eigenvalue weighted by atomic mass is 19.4. The molecule has 0 atom stereocenters. The third-order valence-electron chi connectivity index (χ3n) is 2.85. The highest BCUT2D eigenvalue weighted by Crippen LogP contribution is 2.28. The number of Topliss-reactive ketones (excluding diaryl/α,β-unsaturated/α-hetero) is 1. The maximum absolute atomic E-state index is 14.2. The molecule has 0 bridgehead atoms. The second-order valence-electron chi connectivity index (χ2n) is 4.67. The van der Waals surface area contributed by atoms with Gasteiger partial charge in [-0.05, 0) is 13.0 Å². The first-order valence-electron chi connectivity index (χ1n) is 6.97. The highest BCUT2D eigenvalue weighted by Gasteiger charge is 2.30. The van der Waals surface area contributed by atoms with Crippen LogP contribution >= 0.6 is 0 Å². The minimum absolute atomic E-state index is 0.159. The summed E-state index contributed by atoms with van der Waals surface area (Å²) in [7, 11) is 0.808. The number of ketones is 1. The lowest BCUT2D eigenvalue weighted by molar-refractivity contribution is -0.138. The van der Waals surface area contributed by atoms with Crippen LogP contribution in [-0.2, 0) is 9.53 Å². The van der Waals surface area contributed by atoms with Gasteiger partial charge in [-0.3, -0.25) is 4.79 Å². The molecule has 0 aliphatic rings. The van der Waals surface area contributed by atoms with E-state index in [0.29, 0.717) is 6.20 Å². The van der Waals surface area contributed by atoms with Crippen molar-refractivity contribution in [2.24, 2.45) is 0 Å². The fraction of sp³-hybridized carbons (Fsp3) is 0.333. The van der Waals surface area contributed by atoms with Crippen LogP contribution in [0.4, 0.5) is 26.3 Å². The fourth-order valence-electron chi connectivity index (χ4n) is 1.76. The Hall–Kier alpha value is -2.72. The van der Waals surface area contributed by atoms with Crippen LogP contribution < -0.4 is 10.1 Å². The smallest absolute Gasteiger partial charge is 0.405 e. The van der Waals surface area contributed by atoms with Crippen molar-refractivity contribution < 1.29 is 45.4 Å². The van der Waals surface area contributed by atoms with E-state index in [-0.39, 0.29) is 12.7 Å².